The van der Waals surface area contributed by atoms with Gasteiger partial charge in [-0.2, -0.15) is 0 Å². The van der Waals surface area contributed by atoms with Gasteiger partial charge in [-0.25, -0.2) is 4.98 Å². The summed E-state index contributed by atoms with van der Waals surface area (Å²) in [5.41, 5.74) is 3.23. The number of thioether (sulfide) groups is 1. The van der Waals surface area contributed by atoms with E-state index in [1.807, 2.05) is 43.3 Å². The monoisotopic (exact) mass is 452 g/mol. The molecule has 0 saturated carbocycles. The van der Waals surface area contributed by atoms with Crippen molar-refractivity contribution >= 4 is 23.1 Å². The van der Waals surface area contributed by atoms with Crippen LogP contribution in [-0.2, 0) is 23.6 Å². The Morgan fingerprint density at radius 3 is 2.61 bits per heavy atom. The van der Waals surface area contributed by atoms with Crippen molar-refractivity contribution in [1.82, 2.24) is 19.7 Å². The fraction of sp³-hybridized carbons (Fsp3) is 0.261. The van der Waals surface area contributed by atoms with Gasteiger partial charge in [-0.15, -0.1) is 21.5 Å². The van der Waals surface area contributed by atoms with E-state index in [9.17, 15) is 0 Å². The zero-order valence-electron chi connectivity index (χ0n) is 17.5. The van der Waals surface area contributed by atoms with Crippen molar-refractivity contribution in [3.05, 3.63) is 76.5 Å². The van der Waals surface area contributed by atoms with Crippen molar-refractivity contribution in [3.8, 4) is 16.9 Å². The average Bonchev–Trinajstić information content (AvgIpc) is 3.40. The highest BCUT2D eigenvalue weighted by Crippen LogP contribution is 2.30. The Morgan fingerprint density at radius 2 is 1.84 bits per heavy atom. The molecule has 0 aliphatic rings. The number of hydrogen-bond acceptors (Lipinski definition) is 7. The molecule has 0 aliphatic heterocycles. The lowest BCUT2D eigenvalue weighted by molar-refractivity contribution is 0.181. The number of benzene rings is 2. The second-order valence-electron chi connectivity index (χ2n) is 6.84. The number of aromatic nitrogens is 4. The Hall–Kier alpha value is -2.68. The van der Waals surface area contributed by atoms with Crippen LogP contribution in [0.15, 0.2) is 65.1 Å². The second kappa shape index (κ2) is 10.6. The van der Waals surface area contributed by atoms with Gasteiger partial charge in [-0.05, 0) is 18.6 Å². The molecule has 8 heteroatoms. The first-order valence-electron chi connectivity index (χ1n) is 9.96. The minimum Gasteiger partial charge on any atom is -0.485 e. The molecular weight excluding hydrogens is 428 g/mol. The van der Waals surface area contributed by atoms with Gasteiger partial charge < -0.3 is 14.0 Å². The van der Waals surface area contributed by atoms with Crippen molar-refractivity contribution in [3.63, 3.8) is 0 Å². The van der Waals surface area contributed by atoms with Crippen molar-refractivity contribution in [2.45, 2.75) is 31.0 Å². The van der Waals surface area contributed by atoms with Crippen LogP contribution in [0.5, 0.6) is 5.75 Å². The van der Waals surface area contributed by atoms with Gasteiger partial charge in [0, 0.05) is 30.4 Å². The van der Waals surface area contributed by atoms with Crippen molar-refractivity contribution < 1.29 is 9.47 Å². The molecule has 0 radical (unpaired) electrons. The number of methoxy groups -OCH3 is 1. The lowest BCUT2D eigenvalue weighted by Gasteiger charge is -2.13. The summed E-state index contributed by atoms with van der Waals surface area (Å²) in [5.74, 6) is 2.35. The third-order valence-electron chi connectivity index (χ3n) is 4.66. The topological polar surface area (TPSA) is 62.1 Å². The number of thiazole rings is 1. The summed E-state index contributed by atoms with van der Waals surface area (Å²) in [4.78, 5) is 4.53. The van der Waals surface area contributed by atoms with Crippen LogP contribution in [0, 0.1) is 6.92 Å². The van der Waals surface area contributed by atoms with Crippen LogP contribution in [0.1, 0.15) is 16.5 Å². The Labute approximate surface area is 190 Å². The van der Waals surface area contributed by atoms with Crippen molar-refractivity contribution in [1.29, 1.82) is 0 Å². The predicted molar refractivity (Wildman–Crippen MR) is 125 cm³/mol. The first-order valence-corrected chi connectivity index (χ1v) is 11.8. The molecule has 2 aromatic carbocycles. The second-order valence-corrected chi connectivity index (χ2v) is 8.85. The van der Waals surface area contributed by atoms with E-state index in [0.29, 0.717) is 19.8 Å². The van der Waals surface area contributed by atoms with Gasteiger partial charge in [0.1, 0.15) is 12.4 Å². The molecule has 2 heterocycles. The molecule has 0 unspecified atom stereocenters. The Balaban J connectivity index is 1.50. The molecule has 31 heavy (non-hydrogen) atoms. The number of hydrogen-bond donors (Lipinski definition) is 0. The maximum Gasteiger partial charge on any atom is 0.191 e. The minimum atomic E-state index is 0.330. The van der Waals surface area contributed by atoms with Crippen LogP contribution < -0.4 is 4.74 Å². The number of rotatable bonds is 10. The van der Waals surface area contributed by atoms with Gasteiger partial charge in [0.15, 0.2) is 11.0 Å². The van der Waals surface area contributed by atoms with Crippen molar-refractivity contribution in [2.75, 3.05) is 13.7 Å². The molecule has 0 aliphatic carbocycles. The number of aryl methyl sites for hydroxylation is 1. The van der Waals surface area contributed by atoms with Crippen LogP contribution in [-0.4, -0.2) is 33.5 Å². The maximum absolute atomic E-state index is 6.19. The van der Waals surface area contributed by atoms with E-state index in [1.165, 1.54) is 0 Å². The molecule has 4 aromatic rings. The van der Waals surface area contributed by atoms with Crippen LogP contribution in [0.2, 0.25) is 0 Å². The SMILES string of the molecule is COCCn1c(COc2ccccc2-c2ccccc2)nnc1SCc1csc(C)n1. The van der Waals surface area contributed by atoms with E-state index in [2.05, 4.69) is 43.3 Å². The molecular formula is C23H24N4O2S2. The van der Waals surface area contributed by atoms with E-state index in [1.54, 1.807) is 30.2 Å². The Morgan fingerprint density at radius 1 is 1.03 bits per heavy atom. The summed E-state index contributed by atoms with van der Waals surface area (Å²) in [6.07, 6.45) is 0. The molecule has 0 bridgehead atoms. The van der Waals surface area contributed by atoms with Gasteiger partial charge in [-0.3, -0.25) is 0 Å². The third-order valence-corrected chi connectivity index (χ3v) is 6.48. The van der Waals surface area contributed by atoms with E-state index >= 15 is 0 Å². The highest BCUT2D eigenvalue weighted by atomic mass is 32.2. The standard InChI is InChI=1S/C23H24N4O2S2/c1-17-24-19(15-30-17)16-31-23-26-25-22(27(23)12-13-28-2)14-29-21-11-7-6-10-20(21)18-8-4-3-5-9-18/h3-11,15H,12-14,16H2,1-2H3. The van der Waals surface area contributed by atoms with Crippen LogP contribution in [0.4, 0.5) is 0 Å². The molecule has 0 N–H and O–H groups in total. The highest BCUT2D eigenvalue weighted by Gasteiger charge is 2.15. The first kappa shape index (κ1) is 21.5. The fourth-order valence-corrected chi connectivity index (χ4v) is 4.74. The summed E-state index contributed by atoms with van der Waals surface area (Å²) < 4.78 is 13.6. The highest BCUT2D eigenvalue weighted by molar-refractivity contribution is 7.98. The van der Waals surface area contributed by atoms with Crippen LogP contribution in [0.25, 0.3) is 11.1 Å². The Kier molecular flexibility index (Phi) is 7.35. The van der Waals surface area contributed by atoms with E-state index < -0.39 is 0 Å². The summed E-state index contributed by atoms with van der Waals surface area (Å²) in [6.45, 7) is 3.59. The van der Waals surface area contributed by atoms with Crippen LogP contribution >= 0.6 is 23.1 Å². The fourth-order valence-electron chi connectivity index (χ4n) is 3.14. The van der Waals surface area contributed by atoms with Crippen LogP contribution in [0.3, 0.4) is 0 Å². The molecule has 0 fully saturated rings. The van der Waals surface area contributed by atoms with E-state index in [-0.39, 0.29) is 0 Å². The zero-order valence-corrected chi connectivity index (χ0v) is 19.2. The van der Waals surface area contributed by atoms with E-state index in [4.69, 9.17) is 9.47 Å². The lowest BCUT2D eigenvalue weighted by atomic mass is 10.1. The quantitative estimate of drug-likeness (QED) is 0.307. The molecule has 0 saturated heterocycles. The lowest BCUT2D eigenvalue weighted by Crippen LogP contribution is -2.12. The predicted octanol–water partition coefficient (Wildman–Crippen LogP) is 5.23. The zero-order chi connectivity index (χ0) is 21.5. The molecule has 160 valence electrons. The van der Waals surface area contributed by atoms with Gasteiger partial charge >= 0.3 is 0 Å². The summed E-state index contributed by atoms with van der Waals surface area (Å²) in [7, 11) is 1.70. The third kappa shape index (κ3) is 5.52. The van der Waals surface area contributed by atoms with E-state index in [0.717, 1.165) is 44.3 Å². The number of ether oxygens (including phenoxy) is 2. The molecule has 2 aromatic heterocycles. The largest absolute Gasteiger partial charge is 0.485 e. The first-order chi connectivity index (χ1) is 15.2. The summed E-state index contributed by atoms with van der Waals surface area (Å²) >= 11 is 3.29. The molecule has 4 rings (SSSR count). The normalized spacial score (nSPS) is 11.0. The van der Waals surface area contributed by atoms with Gasteiger partial charge in [-0.1, -0.05) is 60.3 Å². The maximum atomic E-state index is 6.19. The molecule has 0 spiro atoms. The molecule has 6 nitrogen and oxygen atoms in total. The summed E-state index contributed by atoms with van der Waals surface area (Å²) in [6, 6.07) is 18.3. The number of para-hydroxylation sites is 1. The van der Waals surface area contributed by atoms with Gasteiger partial charge in [0.05, 0.1) is 17.3 Å². The average molecular weight is 453 g/mol. The molecule has 0 amide bonds. The minimum absolute atomic E-state index is 0.330. The van der Waals surface area contributed by atoms with Gasteiger partial charge in [0.2, 0.25) is 0 Å². The molecule has 0 atom stereocenters. The number of nitrogens with zero attached hydrogens (tertiary/aromatic N) is 4. The van der Waals surface area contributed by atoms with Crippen molar-refractivity contribution in [2.24, 2.45) is 0 Å². The van der Waals surface area contributed by atoms with Gasteiger partial charge in [0.25, 0.3) is 0 Å². The Bertz CT molecular complexity index is 1110. The smallest absolute Gasteiger partial charge is 0.191 e. The summed E-state index contributed by atoms with van der Waals surface area (Å²) in [5, 5.41) is 12.8.